The number of rotatable bonds is 11. The lowest BCUT2D eigenvalue weighted by Gasteiger charge is -2.28. The third kappa shape index (κ3) is 6.46. The number of ether oxygens (including phenoxy) is 3. The van der Waals surface area contributed by atoms with Crippen LogP contribution in [0.1, 0.15) is 53.9 Å². The summed E-state index contributed by atoms with van der Waals surface area (Å²) < 4.78 is 15.8. The van der Waals surface area contributed by atoms with Gasteiger partial charge in [-0.25, -0.2) is 0 Å². The quantitative estimate of drug-likeness (QED) is 0.333. The topological polar surface area (TPSA) is 61.8 Å². The molecule has 0 aliphatic rings. The van der Waals surface area contributed by atoms with Crippen LogP contribution in [0.2, 0.25) is 0 Å². The standard InChI is InChI=1S/C16H30O5/c1-6-9-16(14(17)20-7-2,15(18)21-8-3)10-11-19-12-13(4)5/h13H,6-12H2,1-5H3. The summed E-state index contributed by atoms with van der Waals surface area (Å²) in [4.78, 5) is 24.6. The molecule has 0 spiro atoms. The Bertz CT molecular complexity index is 294. The molecule has 5 nitrogen and oxygen atoms in total. The zero-order chi connectivity index (χ0) is 16.3. The van der Waals surface area contributed by atoms with Crippen molar-refractivity contribution in [1.82, 2.24) is 0 Å². The van der Waals surface area contributed by atoms with E-state index in [-0.39, 0.29) is 13.2 Å². The molecule has 0 aliphatic carbocycles. The normalized spacial score (nSPS) is 11.5. The van der Waals surface area contributed by atoms with Gasteiger partial charge in [-0.15, -0.1) is 0 Å². The van der Waals surface area contributed by atoms with E-state index < -0.39 is 17.4 Å². The molecule has 0 aliphatic heterocycles. The van der Waals surface area contributed by atoms with Gasteiger partial charge in [0.1, 0.15) is 0 Å². The molecule has 0 atom stereocenters. The highest BCUT2D eigenvalue weighted by Gasteiger charge is 2.47. The zero-order valence-corrected chi connectivity index (χ0v) is 14.1. The maximum absolute atomic E-state index is 12.3. The van der Waals surface area contributed by atoms with Gasteiger partial charge in [0.05, 0.1) is 13.2 Å². The second kappa shape index (κ2) is 10.6. The van der Waals surface area contributed by atoms with Crippen molar-refractivity contribution in [3.8, 4) is 0 Å². The molecular formula is C16H30O5. The highest BCUT2D eigenvalue weighted by molar-refractivity contribution is 6.00. The molecular weight excluding hydrogens is 272 g/mol. The van der Waals surface area contributed by atoms with Crippen LogP contribution in [-0.4, -0.2) is 38.4 Å². The molecule has 124 valence electrons. The number of carbonyl (C=O) groups is 2. The van der Waals surface area contributed by atoms with Gasteiger partial charge in [-0.05, 0) is 32.6 Å². The van der Waals surface area contributed by atoms with Gasteiger partial charge in [0.15, 0.2) is 5.41 Å². The second-order valence-electron chi connectivity index (χ2n) is 5.49. The van der Waals surface area contributed by atoms with E-state index >= 15 is 0 Å². The van der Waals surface area contributed by atoms with Crippen molar-refractivity contribution < 1.29 is 23.8 Å². The maximum atomic E-state index is 12.3. The Balaban J connectivity index is 4.98. The van der Waals surface area contributed by atoms with E-state index in [2.05, 4.69) is 13.8 Å². The first-order valence-electron chi connectivity index (χ1n) is 7.86. The molecule has 0 aromatic heterocycles. The number of hydrogen-bond donors (Lipinski definition) is 0. The second-order valence-corrected chi connectivity index (χ2v) is 5.49. The van der Waals surface area contributed by atoms with E-state index in [0.717, 1.165) is 0 Å². The van der Waals surface area contributed by atoms with Crippen molar-refractivity contribution in [3.05, 3.63) is 0 Å². The van der Waals surface area contributed by atoms with Crippen molar-refractivity contribution in [2.75, 3.05) is 26.4 Å². The van der Waals surface area contributed by atoms with Crippen LogP contribution in [0.15, 0.2) is 0 Å². The molecule has 5 heteroatoms. The summed E-state index contributed by atoms with van der Waals surface area (Å²) >= 11 is 0. The van der Waals surface area contributed by atoms with E-state index in [1.165, 1.54) is 0 Å². The summed E-state index contributed by atoms with van der Waals surface area (Å²) in [5.74, 6) is -0.590. The van der Waals surface area contributed by atoms with Crippen molar-refractivity contribution >= 4 is 11.9 Å². The van der Waals surface area contributed by atoms with Gasteiger partial charge < -0.3 is 14.2 Å². The summed E-state index contributed by atoms with van der Waals surface area (Å²) in [6.07, 6.45) is 1.41. The summed E-state index contributed by atoms with van der Waals surface area (Å²) in [6.45, 7) is 10.9. The number of hydrogen-bond acceptors (Lipinski definition) is 5. The minimum Gasteiger partial charge on any atom is -0.465 e. The molecule has 21 heavy (non-hydrogen) atoms. The van der Waals surface area contributed by atoms with E-state index in [1.807, 2.05) is 6.92 Å². The predicted octanol–water partition coefficient (Wildman–Crippen LogP) is 2.96. The molecule has 0 amide bonds. The lowest BCUT2D eigenvalue weighted by molar-refractivity contribution is -0.174. The van der Waals surface area contributed by atoms with E-state index in [9.17, 15) is 9.59 Å². The van der Waals surface area contributed by atoms with Crippen LogP contribution >= 0.6 is 0 Å². The average molecular weight is 302 g/mol. The Morgan fingerprint density at radius 3 is 1.86 bits per heavy atom. The summed E-state index contributed by atoms with van der Waals surface area (Å²) in [5, 5.41) is 0. The molecule has 0 N–H and O–H groups in total. The highest BCUT2D eigenvalue weighted by atomic mass is 16.6. The molecule has 0 bridgehead atoms. The fourth-order valence-corrected chi connectivity index (χ4v) is 2.15. The maximum Gasteiger partial charge on any atom is 0.323 e. The predicted molar refractivity (Wildman–Crippen MR) is 80.9 cm³/mol. The van der Waals surface area contributed by atoms with Crippen molar-refractivity contribution in [1.29, 1.82) is 0 Å². The summed E-state index contributed by atoms with van der Waals surface area (Å²) in [7, 11) is 0. The van der Waals surface area contributed by atoms with Gasteiger partial charge in [0.25, 0.3) is 0 Å². The lowest BCUT2D eigenvalue weighted by atomic mass is 9.80. The van der Waals surface area contributed by atoms with Crippen molar-refractivity contribution in [2.24, 2.45) is 11.3 Å². The monoisotopic (exact) mass is 302 g/mol. The number of carbonyl (C=O) groups excluding carboxylic acids is 2. The van der Waals surface area contributed by atoms with Crippen molar-refractivity contribution in [3.63, 3.8) is 0 Å². The smallest absolute Gasteiger partial charge is 0.323 e. The van der Waals surface area contributed by atoms with Crippen LogP contribution in [0.3, 0.4) is 0 Å². The van der Waals surface area contributed by atoms with Crippen LogP contribution in [0, 0.1) is 11.3 Å². The molecule has 0 aromatic rings. The molecule has 0 rings (SSSR count). The molecule has 0 unspecified atom stereocenters. The van der Waals surface area contributed by atoms with Gasteiger partial charge in [0, 0.05) is 13.2 Å². The molecule has 0 heterocycles. The van der Waals surface area contributed by atoms with Crippen molar-refractivity contribution in [2.45, 2.75) is 53.9 Å². The Labute approximate surface area is 128 Å². The first-order valence-corrected chi connectivity index (χ1v) is 7.86. The van der Waals surface area contributed by atoms with Gasteiger partial charge in [-0.2, -0.15) is 0 Å². The number of esters is 2. The Hall–Kier alpha value is -1.10. The fraction of sp³-hybridized carbons (Fsp3) is 0.875. The van der Waals surface area contributed by atoms with E-state index in [0.29, 0.717) is 38.4 Å². The first kappa shape index (κ1) is 19.9. The van der Waals surface area contributed by atoms with Gasteiger partial charge >= 0.3 is 11.9 Å². The van der Waals surface area contributed by atoms with Crippen LogP contribution in [0.4, 0.5) is 0 Å². The van der Waals surface area contributed by atoms with Gasteiger partial charge in [-0.1, -0.05) is 27.2 Å². The summed E-state index contributed by atoms with van der Waals surface area (Å²) in [6, 6.07) is 0. The van der Waals surface area contributed by atoms with Gasteiger partial charge in [0.2, 0.25) is 0 Å². The molecule has 0 fully saturated rings. The van der Waals surface area contributed by atoms with Crippen LogP contribution in [0.5, 0.6) is 0 Å². The Morgan fingerprint density at radius 2 is 1.48 bits per heavy atom. The minimum absolute atomic E-state index is 0.247. The largest absolute Gasteiger partial charge is 0.465 e. The molecule has 0 saturated carbocycles. The van der Waals surface area contributed by atoms with Crippen LogP contribution in [-0.2, 0) is 23.8 Å². The van der Waals surface area contributed by atoms with E-state index in [4.69, 9.17) is 14.2 Å². The first-order chi connectivity index (χ1) is 9.94. The van der Waals surface area contributed by atoms with E-state index in [1.54, 1.807) is 13.8 Å². The SMILES string of the molecule is CCCC(CCOCC(C)C)(C(=O)OCC)C(=O)OCC. The third-order valence-corrected chi connectivity index (χ3v) is 3.13. The Morgan fingerprint density at radius 1 is 0.952 bits per heavy atom. The van der Waals surface area contributed by atoms with Gasteiger partial charge in [-0.3, -0.25) is 9.59 Å². The Kier molecular flexibility index (Phi) is 10.0. The van der Waals surface area contributed by atoms with Crippen LogP contribution < -0.4 is 0 Å². The molecule has 0 radical (unpaired) electrons. The highest BCUT2D eigenvalue weighted by Crippen LogP contribution is 2.32. The zero-order valence-electron chi connectivity index (χ0n) is 14.1. The fourth-order valence-electron chi connectivity index (χ4n) is 2.15. The lowest BCUT2D eigenvalue weighted by Crippen LogP contribution is -2.43. The van der Waals surface area contributed by atoms with Crippen LogP contribution in [0.25, 0.3) is 0 Å². The minimum atomic E-state index is -1.24. The molecule has 0 aromatic carbocycles. The third-order valence-electron chi connectivity index (χ3n) is 3.13. The molecule has 0 saturated heterocycles. The average Bonchev–Trinajstić information content (AvgIpc) is 2.42. The summed E-state index contributed by atoms with van der Waals surface area (Å²) in [5.41, 5.74) is -1.24.